The second-order valence-electron chi connectivity index (χ2n) is 5.67. The number of thiol groups is 2. The van der Waals surface area contributed by atoms with Crippen LogP contribution in [0.3, 0.4) is 0 Å². The molecule has 0 radical (unpaired) electrons. The van der Waals surface area contributed by atoms with Crippen molar-refractivity contribution in [2.75, 3.05) is 0 Å². The molecule has 0 saturated carbocycles. The molecular weight excluding hydrogens is 408 g/mol. The molecule has 150 valence electrons. The summed E-state index contributed by atoms with van der Waals surface area (Å²) in [7, 11) is 0. The molecule has 3 rings (SSSR count). The van der Waals surface area contributed by atoms with Crippen LogP contribution < -0.4 is 0 Å². The number of benzene rings is 2. The van der Waals surface area contributed by atoms with Crippen molar-refractivity contribution in [2.24, 2.45) is 0 Å². The van der Waals surface area contributed by atoms with Crippen LogP contribution >= 0.6 is 25.3 Å². The Bertz CT molecular complexity index is 924. The monoisotopic (exact) mass is 428 g/mol. The van der Waals surface area contributed by atoms with Crippen LogP contribution in [0.1, 0.15) is 11.1 Å². The molecule has 0 atom stereocenters. The normalized spacial score (nSPS) is 9.72. The molecule has 0 aliphatic heterocycles. The average Bonchev–Trinajstić information content (AvgIpc) is 3.28. The van der Waals surface area contributed by atoms with Gasteiger partial charge in [0, 0.05) is 28.3 Å². The zero-order valence-electron chi connectivity index (χ0n) is 15.5. The number of carbonyl (C=O) groups excluding carboxylic acids is 2. The largest absolute Gasteiger partial charge is 0.458 e. The highest BCUT2D eigenvalue weighted by Crippen LogP contribution is 2.09. The van der Waals surface area contributed by atoms with Crippen LogP contribution in [0, 0.1) is 0 Å². The quantitative estimate of drug-likeness (QED) is 0.354. The highest BCUT2D eigenvalue weighted by Gasteiger charge is 2.04. The minimum Gasteiger partial charge on any atom is -0.458 e. The molecule has 0 unspecified atom stereocenters. The van der Waals surface area contributed by atoms with Gasteiger partial charge in [-0.15, -0.1) is 25.3 Å². The number of rotatable bonds is 5. The lowest BCUT2D eigenvalue weighted by Gasteiger charge is -2.04. The topological polar surface area (TPSA) is 70.4 Å². The Morgan fingerprint density at radius 1 is 0.931 bits per heavy atom. The molecule has 0 bridgehead atoms. The third-order valence-electron chi connectivity index (χ3n) is 3.50. The molecule has 2 aromatic carbocycles. The van der Waals surface area contributed by atoms with Crippen LogP contribution in [0.4, 0.5) is 4.79 Å². The van der Waals surface area contributed by atoms with Gasteiger partial charge in [-0.3, -0.25) is 0 Å². The van der Waals surface area contributed by atoms with Gasteiger partial charge in [-0.2, -0.15) is 0 Å². The van der Waals surface area contributed by atoms with E-state index in [0.29, 0.717) is 0 Å². The Labute approximate surface area is 180 Å². The first kappa shape index (κ1) is 22.3. The minimum absolute atomic E-state index is 0.241. The molecule has 0 N–H and O–H groups in total. The minimum atomic E-state index is -0.438. The SMILES string of the molecule is C=CC(=O)OCc1ccc(S)cc1.O=C(OCc1ccc(S)cc1)n1ccnc1. The van der Waals surface area contributed by atoms with Gasteiger partial charge in [0.1, 0.15) is 19.5 Å². The number of esters is 1. The highest BCUT2D eigenvalue weighted by atomic mass is 32.1. The fourth-order valence-electron chi connectivity index (χ4n) is 1.98. The summed E-state index contributed by atoms with van der Waals surface area (Å²) in [5, 5.41) is 0. The van der Waals surface area contributed by atoms with Crippen LogP contribution in [0.2, 0.25) is 0 Å². The first-order valence-electron chi connectivity index (χ1n) is 8.48. The van der Waals surface area contributed by atoms with E-state index in [1.165, 1.54) is 17.1 Å². The highest BCUT2D eigenvalue weighted by molar-refractivity contribution is 7.80. The number of hydrogen-bond donors (Lipinski definition) is 2. The van der Waals surface area contributed by atoms with Crippen LogP contribution in [-0.2, 0) is 27.5 Å². The van der Waals surface area contributed by atoms with E-state index in [2.05, 4.69) is 36.8 Å². The smallest absolute Gasteiger partial charge is 0.419 e. The summed E-state index contributed by atoms with van der Waals surface area (Å²) in [6.45, 7) is 3.82. The molecule has 8 heteroatoms. The van der Waals surface area contributed by atoms with Gasteiger partial charge in [-0.1, -0.05) is 30.8 Å². The van der Waals surface area contributed by atoms with E-state index in [1.54, 1.807) is 6.20 Å². The zero-order valence-corrected chi connectivity index (χ0v) is 17.3. The Morgan fingerprint density at radius 3 is 1.90 bits per heavy atom. The number of imidazole rings is 1. The second kappa shape index (κ2) is 11.8. The van der Waals surface area contributed by atoms with Gasteiger partial charge in [0.05, 0.1) is 0 Å². The van der Waals surface area contributed by atoms with Crippen molar-refractivity contribution in [1.82, 2.24) is 9.55 Å². The van der Waals surface area contributed by atoms with E-state index in [4.69, 9.17) is 9.47 Å². The lowest BCUT2D eigenvalue weighted by atomic mass is 10.2. The van der Waals surface area contributed by atoms with Crippen molar-refractivity contribution >= 4 is 37.3 Å². The van der Waals surface area contributed by atoms with Crippen molar-refractivity contribution in [1.29, 1.82) is 0 Å². The van der Waals surface area contributed by atoms with Crippen LogP contribution in [0.5, 0.6) is 0 Å². The third kappa shape index (κ3) is 8.28. The summed E-state index contributed by atoms with van der Waals surface area (Å²) in [5.74, 6) is -0.407. The molecule has 0 fully saturated rings. The van der Waals surface area contributed by atoms with E-state index in [0.717, 1.165) is 27.0 Å². The van der Waals surface area contributed by atoms with Crippen molar-refractivity contribution in [3.8, 4) is 0 Å². The summed E-state index contributed by atoms with van der Waals surface area (Å²) in [6.07, 6.45) is 5.18. The number of hydrogen-bond acceptors (Lipinski definition) is 7. The average molecular weight is 429 g/mol. The fourth-order valence-corrected chi connectivity index (χ4v) is 2.28. The Balaban J connectivity index is 0.000000212. The van der Waals surface area contributed by atoms with Gasteiger partial charge in [0.15, 0.2) is 0 Å². The molecule has 0 saturated heterocycles. The van der Waals surface area contributed by atoms with Crippen molar-refractivity contribution in [3.63, 3.8) is 0 Å². The lowest BCUT2D eigenvalue weighted by molar-refractivity contribution is -0.138. The molecular formula is C21H20N2O4S2. The van der Waals surface area contributed by atoms with E-state index in [-0.39, 0.29) is 13.2 Å². The number of aromatic nitrogens is 2. The summed E-state index contributed by atoms with van der Waals surface area (Å²) in [6, 6.07) is 14.8. The van der Waals surface area contributed by atoms with Crippen LogP contribution in [0.25, 0.3) is 0 Å². The Hall–Kier alpha value is -2.97. The van der Waals surface area contributed by atoms with Gasteiger partial charge in [0.25, 0.3) is 0 Å². The van der Waals surface area contributed by atoms with E-state index >= 15 is 0 Å². The van der Waals surface area contributed by atoms with Gasteiger partial charge in [-0.05, 0) is 35.4 Å². The molecule has 6 nitrogen and oxygen atoms in total. The maximum absolute atomic E-state index is 11.4. The lowest BCUT2D eigenvalue weighted by Crippen LogP contribution is -2.11. The molecule has 1 heterocycles. The van der Waals surface area contributed by atoms with Crippen molar-refractivity contribution < 1.29 is 19.1 Å². The molecule has 3 aromatic rings. The first-order valence-corrected chi connectivity index (χ1v) is 9.37. The Morgan fingerprint density at radius 2 is 1.45 bits per heavy atom. The standard InChI is InChI=1S/C11H10N2O2S.C10H10O2S/c14-11(13-6-5-12-8-13)15-7-9-1-3-10(16)4-2-9;1-2-10(11)12-7-8-3-5-9(13)6-4-8/h1-6,8,16H,7H2;2-6,13H,1,7H2. The number of ether oxygens (including phenoxy) is 2. The molecule has 0 spiro atoms. The van der Waals surface area contributed by atoms with Crippen molar-refractivity contribution in [3.05, 3.63) is 91.0 Å². The summed E-state index contributed by atoms with van der Waals surface area (Å²) < 4.78 is 11.2. The van der Waals surface area contributed by atoms with E-state index < -0.39 is 12.1 Å². The number of nitrogens with zero attached hydrogens (tertiary/aromatic N) is 2. The third-order valence-corrected chi connectivity index (χ3v) is 4.09. The van der Waals surface area contributed by atoms with Gasteiger partial charge in [0.2, 0.25) is 0 Å². The number of carbonyl (C=O) groups is 2. The molecule has 0 amide bonds. The van der Waals surface area contributed by atoms with Crippen LogP contribution in [0.15, 0.2) is 89.7 Å². The van der Waals surface area contributed by atoms with E-state index in [1.807, 2.05) is 48.5 Å². The Kier molecular flexibility index (Phi) is 9.07. The van der Waals surface area contributed by atoms with E-state index in [9.17, 15) is 9.59 Å². The molecule has 0 aliphatic rings. The van der Waals surface area contributed by atoms with Crippen molar-refractivity contribution in [2.45, 2.75) is 23.0 Å². The van der Waals surface area contributed by atoms with Gasteiger partial charge < -0.3 is 9.47 Å². The summed E-state index contributed by atoms with van der Waals surface area (Å²) in [4.78, 5) is 27.7. The van der Waals surface area contributed by atoms with Gasteiger partial charge >= 0.3 is 12.1 Å². The zero-order chi connectivity index (χ0) is 21.1. The molecule has 0 aliphatic carbocycles. The van der Waals surface area contributed by atoms with Gasteiger partial charge in [-0.25, -0.2) is 19.1 Å². The molecule has 29 heavy (non-hydrogen) atoms. The predicted molar refractivity (Wildman–Crippen MR) is 115 cm³/mol. The second-order valence-corrected chi connectivity index (χ2v) is 6.70. The predicted octanol–water partition coefficient (Wildman–Crippen LogP) is 4.56. The molecule has 1 aromatic heterocycles. The summed E-state index contributed by atoms with van der Waals surface area (Å²) in [5.41, 5.74) is 1.86. The first-order chi connectivity index (χ1) is 14.0. The fraction of sp³-hybridized carbons (Fsp3) is 0.0952. The summed E-state index contributed by atoms with van der Waals surface area (Å²) >= 11 is 8.30. The maximum Gasteiger partial charge on any atom is 0.419 e. The van der Waals surface area contributed by atoms with Crippen LogP contribution in [-0.4, -0.2) is 21.6 Å². The maximum atomic E-state index is 11.4.